The Morgan fingerprint density at radius 2 is 1.73 bits per heavy atom. The summed E-state index contributed by atoms with van der Waals surface area (Å²) in [7, 11) is -0.756. The van der Waals surface area contributed by atoms with E-state index < -0.39 is 10.0 Å². The molecule has 2 aromatic carbocycles. The standard InChI is InChI=1S/C18H21BrN2O4S/c1-13(14-4-8-16(25-3)9-5-14)20-18(22)12-21(2)26(23,24)17-10-6-15(19)7-11-17/h4-11,13H,12H2,1-3H3,(H,20,22)/t13-/m0/s1. The van der Waals surface area contributed by atoms with Crippen LogP contribution in [0, 0.1) is 0 Å². The lowest BCUT2D eigenvalue weighted by atomic mass is 10.1. The number of amides is 1. The summed E-state index contributed by atoms with van der Waals surface area (Å²) in [6, 6.07) is 13.3. The van der Waals surface area contributed by atoms with Gasteiger partial charge in [0.15, 0.2) is 0 Å². The first-order valence-electron chi connectivity index (χ1n) is 7.89. The highest BCUT2D eigenvalue weighted by Gasteiger charge is 2.23. The van der Waals surface area contributed by atoms with Gasteiger partial charge in [-0.15, -0.1) is 0 Å². The number of nitrogens with one attached hydrogen (secondary N) is 1. The second-order valence-corrected chi connectivity index (χ2v) is 8.74. The highest BCUT2D eigenvalue weighted by Crippen LogP contribution is 2.19. The van der Waals surface area contributed by atoms with Gasteiger partial charge < -0.3 is 10.1 Å². The molecule has 0 heterocycles. The third-order valence-corrected chi connectivity index (χ3v) is 6.23. The van der Waals surface area contributed by atoms with Gasteiger partial charge in [-0.25, -0.2) is 8.42 Å². The molecule has 2 rings (SSSR count). The van der Waals surface area contributed by atoms with E-state index in [4.69, 9.17) is 4.74 Å². The molecule has 0 aliphatic rings. The Labute approximate surface area is 162 Å². The van der Waals surface area contributed by atoms with Gasteiger partial charge in [-0.3, -0.25) is 4.79 Å². The van der Waals surface area contributed by atoms with Crippen LogP contribution in [0.25, 0.3) is 0 Å². The van der Waals surface area contributed by atoms with E-state index in [0.717, 1.165) is 20.1 Å². The molecule has 0 aliphatic carbocycles. The molecule has 0 aliphatic heterocycles. The van der Waals surface area contributed by atoms with Gasteiger partial charge in [0.25, 0.3) is 0 Å². The number of nitrogens with zero attached hydrogens (tertiary/aromatic N) is 1. The van der Waals surface area contributed by atoms with E-state index >= 15 is 0 Å². The van der Waals surface area contributed by atoms with Gasteiger partial charge in [0.2, 0.25) is 15.9 Å². The number of sulfonamides is 1. The monoisotopic (exact) mass is 440 g/mol. The van der Waals surface area contributed by atoms with Crippen molar-refractivity contribution in [3.05, 3.63) is 58.6 Å². The molecule has 0 radical (unpaired) electrons. The first kappa shape index (κ1) is 20.4. The van der Waals surface area contributed by atoms with Crippen LogP contribution in [0.1, 0.15) is 18.5 Å². The molecular formula is C18H21BrN2O4S. The number of ether oxygens (including phenoxy) is 1. The molecule has 140 valence electrons. The average molecular weight is 441 g/mol. The van der Waals surface area contributed by atoms with Gasteiger partial charge in [-0.05, 0) is 48.9 Å². The smallest absolute Gasteiger partial charge is 0.243 e. The summed E-state index contributed by atoms with van der Waals surface area (Å²) in [6.07, 6.45) is 0. The van der Waals surface area contributed by atoms with Gasteiger partial charge in [0.1, 0.15) is 5.75 Å². The van der Waals surface area contributed by atoms with Crippen LogP contribution in [-0.4, -0.2) is 39.3 Å². The Balaban J connectivity index is 2.00. The Hall–Kier alpha value is -1.90. The molecule has 1 amide bonds. The van der Waals surface area contributed by atoms with Crippen molar-refractivity contribution in [2.45, 2.75) is 17.9 Å². The number of carbonyl (C=O) groups is 1. The summed E-state index contributed by atoms with van der Waals surface area (Å²) in [5, 5.41) is 2.80. The second-order valence-electron chi connectivity index (χ2n) is 5.78. The predicted molar refractivity (Wildman–Crippen MR) is 104 cm³/mol. The number of likely N-dealkylation sites (N-methyl/N-ethyl adjacent to an activating group) is 1. The molecule has 6 nitrogen and oxygen atoms in total. The average Bonchev–Trinajstić information content (AvgIpc) is 2.61. The number of halogens is 1. The molecule has 0 unspecified atom stereocenters. The first-order valence-corrected chi connectivity index (χ1v) is 10.1. The van der Waals surface area contributed by atoms with Crippen LogP contribution in [-0.2, 0) is 14.8 Å². The third kappa shape index (κ3) is 5.06. The van der Waals surface area contributed by atoms with E-state index in [1.807, 2.05) is 31.2 Å². The van der Waals surface area contributed by atoms with Crippen molar-refractivity contribution in [2.75, 3.05) is 20.7 Å². The van der Waals surface area contributed by atoms with E-state index in [9.17, 15) is 13.2 Å². The molecule has 1 N–H and O–H groups in total. The summed E-state index contributed by atoms with van der Waals surface area (Å²) in [5.41, 5.74) is 0.901. The molecule has 1 atom stereocenters. The van der Waals surface area contributed by atoms with Crippen molar-refractivity contribution in [3.8, 4) is 5.75 Å². The topological polar surface area (TPSA) is 75.7 Å². The molecule has 0 saturated carbocycles. The molecule has 0 spiro atoms. The van der Waals surface area contributed by atoms with Crippen LogP contribution in [0.3, 0.4) is 0 Å². The number of methoxy groups -OCH3 is 1. The largest absolute Gasteiger partial charge is 0.497 e. The minimum absolute atomic E-state index is 0.138. The van der Waals surface area contributed by atoms with Crippen LogP contribution in [0.5, 0.6) is 5.75 Å². The van der Waals surface area contributed by atoms with Crippen LogP contribution in [0.2, 0.25) is 0 Å². The van der Waals surface area contributed by atoms with Crippen molar-refractivity contribution in [3.63, 3.8) is 0 Å². The highest BCUT2D eigenvalue weighted by molar-refractivity contribution is 9.10. The molecule has 8 heteroatoms. The van der Waals surface area contributed by atoms with Gasteiger partial charge in [-0.1, -0.05) is 28.1 Å². The van der Waals surface area contributed by atoms with Crippen molar-refractivity contribution < 1.29 is 17.9 Å². The van der Waals surface area contributed by atoms with E-state index in [-0.39, 0.29) is 23.4 Å². The van der Waals surface area contributed by atoms with Crippen LogP contribution in [0.4, 0.5) is 0 Å². The number of hydrogen-bond donors (Lipinski definition) is 1. The Morgan fingerprint density at radius 3 is 2.27 bits per heavy atom. The second kappa shape index (κ2) is 8.66. The van der Waals surface area contributed by atoms with Crippen LogP contribution < -0.4 is 10.1 Å². The van der Waals surface area contributed by atoms with E-state index in [1.54, 1.807) is 19.2 Å². The van der Waals surface area contributed by atoms with Gasteiger partial charge >= 0.3 is 0 Å². The van der Waals surface area contributed by atoms with E-state index in [1.165, 1.54) is 19.2 Å². The van der Waals surface area contributed by atoms with E-state index in [2.05, 4.69) is 21.2 Å². The minimum atomic E-state index is -3.73. The zero-order chi connectivity index (χ0) is 19.3. The maximum Gasteiger partial charge on any atom is 0.243 e. The summed E-state index contributed by atoms with van der Waals surface area (Å²) in [6.45, 7) is 1.57. The van der Waals surface area contributed by atoms with Gasteiger partial charge in [0, 0.05) is 11.5 Å². The summed E-state index contributed by atoms with van der Waals surface area (Å²) in [4.78, 5) is 12.4. The molecule has 0 fully saturated rings. The van der Waals surface area contributed by atoms with Gasteiger partial charge in [-0.2, -0.15) is 4.31 Å². The molecule has 26 heavy (non-hydrogen) atoms. The molecule has 2 aromatic rings. The van der Waals surface area contributed by atoms with Crippen LogP contribution >= 0.6 is 15.9 Å². The molecular weight excluding hydrogens is 420 g/mol. The molecule has 0 bridgehead atoms. The van der Waals surface area contributed by atoms with E-state index in [0.29, 0.717) is 0 Å². The summed E-state index contributed by atoms with van der Waals surface area (Å²) >= 11 is 3.27. The maximum atomic E-state index is 12.5. The highest BCUT2D eigenvalue weighted by atomic mass is 79.9. The number of rotatable bonds is 7. The molecule has 0 aromatic heterocycles. The Bertz CT molecular complexity index is 852. The number of carbonyl (C=O) groups excluding carboxylic acids is 1. The fraction of sp³-hybridized carbons (Fsp3) is 0.278. The fourth-order valence-corrected chi connectivity index (χ4v) is 3.73. The SMILES string of the molecule is COc1ccc([C@H](C)NC(=O)CN(C)S(=O)(=O)c2ccc(Br)cc2)cc1. The quantitative estimate of drug-likeness (QED) is 0.717. The summed E-state index contributed by atoms with van der Waals surface area (Å²) in [5.74, 6) is 0.351. The number of hydrogen-bond acceptors (Lipinski definition) is 4. The maximum absolute atomic E-state index is 12.5. The summed E-state index contributed by atoms with van der Waals surface area (Å²) < 4.78 is 32.0. The third-order valence-electron chi connectivity index (χ3n) is 3.88. The Kier molecular flexibility index (Phi) is 6.80. The van der Waals surface area contributed by atoms with Crippen molar-refractivity contribution in [1.29, 1.82) is 0 Å². The van der Waals surface area contributed by atoms with Crippen molar-refractivity contribution in [1.82, 2.24) is 9.62 Å². The number of benzene rings is 2. The minimum Gasteiger partial charge on any atom is -0.497 e. The van der Waals surface area contributed by atoms with Crippen molar-refractivity contribution in [2.24, 2.45) is 0 Å². The lowest BCUT2D eigenvalue weighted by Gasteiger charge is -2.19. The normalized spacial score (nSPS) is 12.7. The van der Waals surface area contributed by atoms with Crippen LogP contribution in [0.15, 0.2) is 57.9 Å². The first-order chi connectivity index (χ1) is 12.2. The van der Waals surface area contributed by atoms with Gasteiger partial charge in [0.05, 0.1) is 24.6 Å². The lowest BCUT2D eigenvalue weighted by Crippen LogP contribution is -2.39. The fourth-order valence-electron chi connectivity index (χ4n) is 2.34. The zero-order valence-corrected chi connectivity index (χ0v) is 17.2. The Morgan fingerprint density at radius 1 is 1.15 bits per heavy atom. The lowest BCUT2D eigenvalue weighted by molar-refractivity contribution is -0.121. The zero-order valence-electron chi connectivity index (χ0n) is 14.8. The van der Waals surface area contributed by atoms with Crippen molar-refractivity contribution >= 4 is 31.9 Å². The molecule has 0 saturated heterocycles. The predicted octanol–water partition coefficient (Wildman–Crippen LogP) is 2.96.